The molecule has 0 N–H and O–H groups in total. The molecular formula is C27H25NO2. The van der Waals surface area contributed by atoms with Crippen molar-refractivity contribution < 1.29 is 9.53 Å². The molecule has 3 aromatic carbocycles. The summed E-state index contributed by atoms with van der Waals surface area (Å²) in [7, 11) is 1.47. The van der Waals surface area contributed by atoms with Crippen molar-refractivity contribution in [1.29, 1.82) is 0 Å². The molecule has 1 atom stereocenters. The van der Waals surface area contributed by atoms with E-state index in [2.05, 4.69) is 67.6 Å². The monoisotopic (exact) mass is 395 g/mol. The molecule has 0 aliphatic heterocycles. The molecule has 0 saturated carbocycles. The van der Waals surface area contributed by atoms with Crippen LogP contribution >= 0.6 is 0 Å². The number of hydrogen-bond acceptors (Lipinski definition) is 3. The van der Waals surface area contributed by atoms with E-state index >= 15 is 0 Å². The topological polar surface area (TPSA) is 39.2 Å². The molecule has 0 bridgehead atoms. The summed E-state index contributed by atoms with van der Waals surface area (Å²) in [5, 5.41) is 3.59. The highest BCUT2D eigenvalue weighted by Gasteiger charge is 2.44. The third-order valence-electron chi connectivity index (χ3n) is 6.56. The number of methoxy groups -OCH3 is 1. The van der Waals surface area contributed by atoms with Crippen molar-refractivity contribution >= 4 is 27.6 Å². The Bertz CT molecular complexity index is 1190. The zero-order chi connectivity index (χ0) is 20.7. The van der Waals surface area contributed by atoms with Gasteiger partial charge in [0.1, 0.15) is 0 Å². The fraction of sp³-hybridized carbons (Fsp3) is 0.259. The number of ether oxygens (including phenoxy) is 1. The van der Waals surface area contributed by atoms with Crippen molar-refractivity contribution in [3.8, 4) is 11.3 Å². The lowest BCUT2D eigenvalue weighted by Gasteiger charge is -2.32. The van der Waals surface area contributed by atoms with Crippen molar-refractivity contribution in [2.75, 3.05) is 7.11 Å². The molecular weight excluding hydrogens is 370 g/mol. The maximum absolute atomic E-state index is 12.1. The minimum atomic E-state index is -0.228. The van der Waals surface area contributed by atoms with Gasteiger partial charge in [0.05, 0.1) is 18.3 Å². The fourth-order valence-electron chi connectivity index (χ4n) is 5.17. The number of benzene rings is 3. The SMILES string of the molecule is CCCC1(CCC(=O)OC)c2cc3ccccc3cc2-c2nc3ccccc3cc21. The summed E-state index contributed by atoms with van der Waals surface area (Å²) in [5.41, 5.74) is 5.59. The molecule has 1 heterocycles. The zero-order valence-corrected chi connectivity index (χ0v) is 17.4. The van der Waals surface area contributed by atoms with E-state index < -0.39 is 0 Å². The van der Waals surface area contributed by atoms with Gasteiger partial charge in [-0.1, -0.05) is 55.8 Å². The van der Waals surface area contributed by atoms with Gasteiger partial charge in [0.2, 0.25) is 0 Å². The molecule has 1 aliphatic carbocycles. The lowest BCUT2D eigenvalue weighted by atomic mass is 9.71. The minimum Gasteiger partial charge on any atom is -0.469 e. The van der Waals surface area contributed by atoms with Crippen LogP contribution in [0.5, 0.6) is 0 Å². The summed E-state index contributed by atoms with van der Waals surface area (Å²) < 4.78 is 5.00. The quantitative estimate of drug-likeness (QED) is 0.367. The summed E-state index contributed by atoms with van der Waals surface area (Å²) in [6.45, 7) is 2.22. The highest BCUT2D eigenvalue weighted by atomic mass is 16.5. The van der Waals surface area contributed by atoms with Crippen molar-refractivity contribution in [2.24, 2.45) is 0 Å². The van der Waals surface area contributed by atoms with E-state index in [4.69, 9.17) is 9.72 Å². The van der Waals surface area contributed by atoms with Gasteiger partial charge in [-0.05, 0) is 59.0 Å². The van der Waals surface area contributed by atoms with Crippen LogP contribution in [0.2, 0.25) is 0 Å². The first-order chi connectivity index (χ1) is 14.7. The Morgan fingerprint density at radius 3 is 2.30 bits per heavy atom. The largest absolute Gasteiger partial charge is 0.469 e. The Kier molecular flexibility index (Phi) is 4.54. The number of nitrogens with zero attached hydrogens (tertiary/aromatic N) is 1. The van der Waals surface area contributed by atoms with Crippen LogP contribution in [-0.2, 0) is 14.9 Å². The number of carbonyl (C=O) groups excluding carboxylic acids is 1. The van der Waals surface area contributed by atoms with Crippen LogP contribution in [0.4, 0.5) is 0 Å². The Hall–Kier alpha value is -3.20. The van der Waals surface area contributed by atoms with Crippen molar-refractivity contribution in [2.45, 2.75) is 38.0 Å². The summed E-state index contributed by atoms with van der Waals surface area (Å²) >= 11 is 0. The predicted molar refractivity (Wildman–Crippen MR) is 122 cm³/mol. The van der Waals surface area contributed by atoms with E-state index in [9.17, 15) is 4.79 Å². The van der Waals surface area contributed by atoms with Crippen molar-refractivity contribution in [3.63, 3.8) is 0 Å². The number of aromatic nitrogens is 1. The third-order valence-corrected chi connectivity index (χ3v) is 6.56. The van der Waals surface area contributed by atoms with E-state index in [1.165, 1.54) is 34.6 Å². The second-order valence-corrected chi connectivity index (χ2v) is 8.23. The number of para-hydroxylation sites is 1. The number of fused-ring (bicyclic) bond motifs is 5. The normalized spacial score (nSPS) is 17.1. The molecule has 5 rings (SSSR count). The van der Waals surface area contributed by atoms with Crippen LogP contribution in [0, 0.1) is 0 Å². The third kappa shape index (κ3) is 2.80. The first-order valence-electron chi connectivity index (χ1n) is 10.7. The van der Waals surface area contributed by atoms with Crippen molar-refractivity contribution in [3.05, 3.63) is 77.9 Å². The molecule has 3 nitrogen and oxygen atoms in total. The van der Waals surface area contributed by atoms with Crippen LogP contribution in [0.3, 0.4) is 0 Å². The van der Waals surface area contributed by atoms with Gasteiger partial charge < -0.3 is 4.74 Å². The molecule has 0 spiro atoms. The minimum absolute atomic E-state index is 0.157. The molecule has 0 fully saturated rings. The molecule has 3 heteroatoms. The number of esters is 1. The molecule has 4 aromatic rings. The Balaban J connectivity index is 1.82. The maximum Gasteiger partial charge on any atom is 0.305 e. The number of hydrogen-bond donors (Lipinski definition) is 0. The molecule has 0 amide bonds. The molecule has 150 valence electrons. The summed E-state index contributed by atoms with van der Waals surface area (Å²) in [5.74, 6) is -0.157. The first kappa shape index (κ1) is 18.8. The van der Waals surface area contributed by atoms with Crippen LogP contribution < -0.4 is 0 Å². The molecule has 1 aliphatic rings. The molecule has 0 radical (unpaired) electrons. The lowest BCUT2D eigenvalue weighted by Crippen LogP contribution is -2.26. The zero-order valence-electron chi connectivity index (χ0n) is 17.4. The summed E-state index contributed by atoms with van der Waals surface area (Å²) in [6, 6.07) is 23.7. The number of carbonyl (C=O) groups is 1. The standard InChI is InChI=1S/C27H25NO2/c1-3-13-27(14-12-25(29)30-2)22-16-19-9-5-4-8-18(19)15-21(22)26-23(27)17-20-10-6-7-11-24(20)28-26/h4-11,15-17H,3,12-14H2,1-2H3. The number of pyridine rings is 1. The van der Waals surface area contributed by atoms with Gasteiger partial charge in [-0.3, -0.25) is 4.79 Å². The van der Waals surface area contributed by atoms with Crippen LogP contribution in [0.1, 0.15) is 43.7 Å². The van der Waals surface area contributed by atoms with Gasteiger partial charge in [-0.15, -0.1) is 0 Å². The van der Waals surface area contributed by atoms with E-state index in [0.717, 1.165) is 35.9 Å². The van der Waals surface area contributed by atoms with Gasteiger partial charge in [0.15, 0.2) is 0 Å². The Morgan fingerprint density at radius 1 is 0.900 bits per heavy atom. The first-order valence-corrected chi connectivity index (χ1v) is 10.7. The maximum atomic E-state index is 12.1. The van der Waals surface area contributed by atoms with Gasteiger partial charge >= 0.3 is 5.97 Å². The van der Waals surface area contributed by atoms with Gasteiger partial charge in [0.25, 0.3) is 0 Å². The average Bonchev–Trinajstić information content (AvgIpc) is 3.03. The number of rotatable bonds is 5. The second-order valence-electron chi connectivity index (χ2n) is 8.23. The van der Waals surface area contributed by atoms with E-state index in [1.54, 1.807) is 0 Å². The van der Waals surface area contributed by atoms with E-state index in [-0.39, 0.29) is 11.4 Å². The highest BCUT2D eigenvalue weighted by Crippen LogP contribution is 2.54. The summed E-state index contributed by atoms with van der Waals surface area (Å²) in [6.07, 6.45) is 3.13. The van der Waals surface area contributed by atoms with Gasteiger partial charge in [-0.25, -0.2) is 4.98 Å². The van der Waals surface area contributed by atoms with E-state index in [1.807, 2.05) is 6.07 Å². The van der Waals surface area contributed by atoms with Crippen LogP contribution in [0.15, 0.2) is 66.7 Å². The summed E-state index contributed by atoms with van der Waals surface area (Å²) in [4.78, 5) is 17.2. The lowest BCUT2D eigenvalue weighted by molar-refractivity contribution is -0.141. The van der Waals surface area contributed by atoms with Crippen molar-refractivity contribution in [1.82, 2.24) is 4.98 Å². The Morgan fingerprint density at radius 2 is 1.57 bits per heavy atom. The van der Waals surface area contributed by atoms with Crippen LogP contribution in [0.25, 0.3) is 32.9 Å². The predicted octanol–water partition coefficient (Wildman–Crippen LogP) is 6.41. The van der Waals surface area contributed by atoms with Crippen LogP contribution in [-0.4, -0.2) is 18.1 Å². The van der Waals surface area contributed by atoms with Gasteiger partial charge in [0, 0.05) is 22.8 Å². The fourth-order valence-corrected chi connectivity index (χ4v) is 5.17. The highest BCUT2D eigenvalue weighted by molar-refractivity contribution is 5.95. The molecule has 0 saturated heterocycles. The average molecular weight is 396 g/mol. The Labute approximate surface area is 176 Å². The molecule has 1 unspecified atom stereocenters. The second kappa shape index (κ2) is 7.24. The van der Waals surface area contributed by atoms with E-state index in [0.29, 0.717) is 6.42 Å². The van der Waals surface area contributed by atoms with Gasteiger partial charge in [-0.2, -0.15) is 0 Å². The smallest absolute Gasteiger partial charge is 0.305 e. The molecule has 1 aromatic heterocycles. The molecule has 30 heavy (non-hydrogen) atoms.